The van der Waals surface area contributed by atoms with Crippen molar-refractivity contribution in [2.75, 3.05) is 0 Å². The summed E-state index contributed by atoms with van der Waals surface area (Å²) in [6, 6.07) is -0.143. The largest absolute Gasteiger partial charge is 0.480 e. The lowest BCUT2D eigenvalue weighted by molar-refractivity contribution is -0.136. The Hall–Kier alpha value is -0.620. The SMILES string of the molecule is CC1CCC(C(C)C)C(NS(=O)(=O)C(C)C(=O)O)C1. The van der Waals surface area contributed by atoms with Gasteiger partial charge < -0.3 is 5.11 Å². The maximum absolute atomic E-state index is 12.0. The van der Waals surface area contributed by atoms with Crippen LogP contribution >= 0.6 is 0 Å². The van der Waals surface area contributed by atoms with Crippen molar-refractivity contribution in [2.45, 2.75) is 58.2 Å². The van der Waals surface area contributed by atoms with Crippen molar-refractivity contribution in [3.8, 4) is 0 Å². The molecule has 5 nitrogen and oxygen atoms in total. The molecule has 0 aromatic rings. The van der Waals surface area contributed by atoms with E-state index in [0.717, 1.165) is 19.3 Å². The van der Waals surface area contributed by atoms with Gasteiger partial charge in [-0.05, 0) is 37.5 Å². The predicted octanol–water partition coefficient (Wildman–Crippen LogP) is 1.84. The Kier molecular flexibility index (Phi) is 5.38. The lowest BCUT2D eigenvalue weighted by atomic mass is 9.74. The number of carboxylic acids is 1. The van der Waals surface area contributed by atoms with E-state index in [9.17, 15) is 13.2 Å². The molecule has 0 bridgehead atoms. The van der Waals surface area contributed by atoms with Crippen LogP contribution in [0.1, 0.15) is 47.0 Å². The van der Waals surface area contributed by atoms with Crippen molar-refractivity contribution in [2.24, 2.45) is 17.8 Å². The minimum Gasteiger partial charge on any atom is -0.480 e. The first-order valence-electron chi connectivity index (χ1n) is 6.89. The van der Waals surface area contributed by atoms with Crippen LogP contribution in [-0.2, 0) is 14.8 Å². The van der Waals surface area contributed by atoms with Crippen LogP contribution in [0.4, 0.5) is 0 Å². The van der Waals surface area contributed by atoms with Crippen molar-refractivity contribution < 1.29 is 18.3 Å². The van der Waals surface area contributed by atoms with Crippen LogP contribution < -0.4 is 4.72 Å². The van der Waals surface area contributed by atoms with E-state index in [1.165, 1.54) is 6.92 Å². The molecule has 0 aliphatic heterocycles. The number of nitrogens with one attached hydrogen (secondary N) is 1. The Morgan fingerprint density at radius 1 is 1.26 bits per heavy atom. The second kappa shape index (κ2) is 6.22. The van der Waals surface area contributed by atoms with Gasteiger partial charge in [0.1, 0.15) is 0 Å². The molecule has 0 aromatic carbocycles. The molecule has 0 aromatic heterocycles. The van der Waals surface area contributed by atoms with Crippen LogP contribution in [0, 0.1) is 17.8 Å². The van der Waals surface area contributed by atoms with E-state index in [-0.39, 0.29) is 12.0 Å². The normalized spacial score (nSPS) is 30.3. The molecule has 0 saturated heterocycles. The fourth-order valence-corrected chi connectivity index (χ4v) is 3.95. The van der Waals surface area contributed by atoms with Crippen molar-refractivity contribution in [3.05, 3.63) is 0 Å². The van der Waals surface area contributed by atoms with Crippen LogP contribution in [0.2, 0.25) is 0 Å². The summed E-state index contributed by atoms with van der Waals surface area (Å²) >= 11 is 0. The zero-order chi connectivity index (χ0) is 14.8. The topological polar surface area (TPSA) is 83.5 Å². The van der Waals surface area contributed by atoms with E-state index in [0.29, 0.717) is 11.8 Å². The summed E-state index contributed by atoms with van der Waals surface area (Å²) in [6.07, 6.45) is 2.89. The van der Waals surface area contributed by atoms with Crippen molar-refractivity contribution >= 4 is 16.0 Å². The fourth-order valence-electron chi connectivity index (χ4n) is 2.78. The lowest BCUT2D eigenvalue weighted by Crippen LogP contribution is -2.49. The van der Waals surface area contributed by atoms with Crippen LogP contribution in [0.15, 0.2) is 0 Å². The van der Waals surface area contributed by atoms with Gasteiger partial charge in [-0.1, -0.05) is 27.2 Å². The third-order valence-electron chi connectivity index (χ3n) is 4.15. The van der Waals surface area contributed by atoms with Gasteiger partial charge in [0, 0.05) is 6.04 Å². The number of sulfonamides is 1. The molecule has 0 amide bonds. The summed E-state index contributed by atoms with van der Waals surface area (Å²) in [5.41, 5.74) is 0. The summed E-state index contributed by atoms with van der Waals surface area (Å²) in [4.78, 5) is 10.8. The Bertz CT molecular complexity index is 418. The second-order valence-corrected chi connectivity index (χ2v) is 8.11. The van der Waals surface area contributed by atoms with Crippen LogP contribution in [0.25, 0.3) is 0 Å². The minimum atomic E-state index is -3.80. The zero-order valence-corrected chi connectivity index (χ0v) is 12.9. The third kappa shape index (κ3) is 4.18. The molecule has 112 valence electrons. The maximum Gasteiger partial charge on any atom is 0.323 e. The highest BCUT2D eigenvalue weighted by molar-refractivity contribution is 7.90. The van der Waals surface area contributed by atoms with Gasteiger partial charge >= 0.3 is 5.97 Å². The number of hydrogen-bond acceptors (Lipinski definition) is 3. The monoisotopic (exact) mass is 291 g/mol. The summed E-state index contributed by atoms with van der Waals surface area (Å²) in [5.74, 6) is -0.160. The van der Waals surface area contributed by atoms with Gasteiger partial charge in [-0.15, -0.1) is 0 Å². The Balaban J connectivity index is 2.84. The summed E-state index contributed by atoms with van der Waals surface area (Å²) in [6.45, 7) is 7.49. The van der Waals surface area contributed by atoms with Gasteiger partial charge in [0.25, 0.3) is 0 Å². The summed E-state index contributed by atoms with van der Waals surface area (Å²) < 4.78 is 26.7. The molecule has 4 atom stereocenters. The molecule has 1 rings (SSSR count). The number of carboxylic acid groups (broad SMARTS) is 1. The van der Waals surface area contributed by atoms with E-state index in [2.05, 4.69) is 25.5 Å². The second-order valence-electron chi connectivity index (χ2n) is 6.08. The third-order valence-corrected chi connectivity index (χ3v) is 5.91. The Labute approximate surface area is 115 Å². The van der Waals surface area contributed by atoms with Gasteiger partial charge in [0.05, 0.1) is 0 Å². The molecule has 0 heterocycles. The van der Waals surface area contributed by atoms with Gasteiger partial charge in [-0.3, -0.25) is 4.79 Å². The van der Waals surface area contributed by atoms with Crippen LogP contribution in [0.5, 0.6) is 0 Å². The quantitative estimate of drug-likeness (QED) is 0.809. The molecular formula is C13H25NO4S. The van der Waals surface area contributed by atoms with Crippen molar-refractivity contribution in [1.82, 2.24) is 4.72 Å². The first-order chi connectivity index (χ1) is 8.65. The summed E-state index contributed by atoms with van der Waals surface area (Å²) in [5, 5.41) is 7.45. The van der Waals surface area contributed by atoms with Crippen molar-refractivity contribution in [1.29, 1.82) is 0 Å². The highest BCUT2D eigenvalue weighted by atomic mass is 32.2. The molecule has 2 N–H and O–H groups in total. The van der Waals surface area contributed by atoms with Gasteiger partial charge in [-0.25, -0.2) is 13.1 Å². The van der Waals surface area contributed by atoms with E-state index in [4.69, 9.17) is 5.11 Å². The first kappa shape index (κ1) is 16.4. The molecule has 1 aliphatic carbocycles. The number of aliphatic carboxylic acids is 1. The molecule has 1 fully saturated rings. The van der Waals surface area contributed by atoms with E-state index in [1.807, 2.05) is 0 Å². The number of rotatable bonds is 5. The van der Waals surface area contributed by atoms with Crippen LogP contribution in [0.3, 0.4) is 0 Å². The van der Waals surface area contributed by atoms with Gasteiger partial charge in [-0.2, -0.15) is 0 Å². The van der Waals surface area contributed by atoms with Crippen LogP contribution in [-0.4, -0.2) is 30.8 Å². The van der Waals surface area contributed by atoms with E-state index in [1.54, 1.807) is 0 Å². The molecule has 4 unspecified atom stereocenters. The predicted molar refractivity (Wildman–Crippen MR) is 74.3 cm³/mol. The Morgan fingerprint density at radius 2 is 1.84 bits per heavy atom. The molecular weight excluding hydrogens is 266 g/mol. The number of carbonyl (C=O) groups is 1. The minimum absolute atomic E-state index is 0.143. The number of hydrogen-bond donors (Lipinski definition) is 2. The molecule has 0 spiro atoms. The molecule has 1 saturated carbocycles. The summed E-state index contributed by atoms with van der Waals surface area (Å²) in [7, 11) is -3.80. The van der Waals surface area contributed by atoms with E-state index >= 15 is 0 Å². The highest BCUT2D eigenvalue weighted by Crippen LogP contribution is 2.34. The van der Waals surface area contributed by atoms with Gasteiger partial charge in [0.15, 0.2) is 5.25 Å². The Morgan fingerprint density at radius 3 is 2.32 bits per heavy atom. The standard InChI is InChI=1S/C13H25NO4S/c1-8(2)11-6-5-9(3)7-12(11)14-19(17,18)10(4)13(15)16/h8-12,14H,5-7H2,1-4H3,(H,15,16). The molecule has 19 heavy (non-hydrogen) atoms. The molecule has 6 heteroatoms. The smallest absolute Gasteiger partial charge is 0.323 e. The highest BCUT2D eigenvalue weighted by Gasteiger charge is 2.36. The maximum atomic E-state index is 12.0. The zero-order valence-electron chi connectivity index (χ0n) is 12.1. The average Bonchev–Trinajstić information content (AvgIpc) is 2.26. The fraction of sp³-hybridized carbons (Fsp3) is 0.923. The van der Waals surface area contributed by atoms with E-state index < -0.39 is 21.2 Å². The van der Waals surface area contributed by atoms with Crippen molar-refractivity contribution in [3.63, 3.8) is 0 Å². The average molecular weight is 291 g/mol. The lowest BCUT2D eigenvalue weighted by Gasteiger charge is -2.37. The first-order valence-corrected chi connectivity index (χ1v) is 8.43. The van der Waals surface area contributed by atoms with Gasteiger partial charge in [0.2, 0.25) is 10.0 Å². The molecule has 0 radical (unpaired) electrons. The molecule has 1 aliphatic rings.